The summed E-state index contributed by atoms with van der Waals surface area (Å²) in [6.07, 6.45) is 0. The first-order valence-corrected chi connectivity index (χ1v) is 8.63. The van der Waals surface area contributed by atoms with Gasteiger partial charge in [-0.3, -0.25) is 0 Å². The van der Waals surface area contributed by atoms with E-state index in [1.165, 1.54) is 19.2 Å². The Balaban J connectivity index is 2.26. The standard InChI is InChI=1S/C16H16ClNO4S/c1-11-7-8-13(9-14(11)16(19)22-2)23(20,21)18-10-12-5-3-4-6-15(12)17/h3-9,18H,10H2,1-2H3. The van der Waals surface area contributed by atoms with Crippen molar-refractivity contribution in [2.45, 2.75) is 18.4 Å². The molecule has 7 heteroatoms. The SMILES string of the molecule is COC(=O)c1cc(S(=O)(=O)NCc2ccccc2Cl)ccc1C. The molecule has 0 atom stereocenters. The van der Waals surface area contributed by atoms with E-state index in [-0.39, 0.29) is 17.0 Å². The van der Waals surface area contributed by atoms with Gasteiger partial charge in [-0.1, -0.05) is 35.9 Å². The van der Waals surface area contributed by atoms with Crippen molar-refractivity contribution >= 4 is 27.6 Å². The fourth-order valence-corrected chi connectivity index (χ4v) is 3.23. The number of hydrogen-bond acceptors (Lipinski definition) is 4. The number of carbonyl (C=O) groups excluding carboxylic acids is 1. The van der Waals surface area contributed by atoms with Gasteiger partial charge in [-0.2, -0.15) is 0 Å². The zero-order valence-corrected chi connectivity index (χ0v) is 14.2. The maximum atomic E-state index is 12.4. The summed E-state index contributed by atoms with van der Waals surface area (Å²) in [6.45, 7) is 1.77. The van der Waals surface area contributed by atoms with Crippen LogP contribution in [0.2, 0.25) is 5.02 Å². The molecule has 0 saturated heterocycles. The lowest BCUT2D eigenvalue weighted by Crippen LogP contribution is -2.23. The molecule has 0 heterocycles. The average Bonchev–Trinajstić information content (AvgIpc) is 2.53. The lowest BCUT2D eigenvalue weighted by molar-refractivity contribution is 0.0599. The molecular formula is C16H16ClNO4S. The molecule has 122 valence electrons. The first kappa shape index (κ1) is 17.5. The molecule has 0 amide bonds. The van der Waals surface area contributed by atoms with Crippen molar-refractivity contribution in [1.29, 1.82) is 0 Å². The number of methoxy groups -OCH3 is 1. The molecule has 2 rings (SSSR count). The van der Waals surface area contributed by atoms with Crippen LogP contribution in [0.25, 0.3) is 0 Å². The van der Waals surface area contributed by atoms with Crippen LogP contribution in [0.1, 0.15) is 21.5 Å². The molecule has 2 aromatic carbocycles. The summed E-state index contributed by atoms with van der Waals surface area (Å²) in [5.74, 6) is -0.578. The van der Waals surface area contributed by atoms with Gasteiger partial charge in [0, 0.05) is 11.6 Å². The van der Waals surface area contributed by atoms with Crippen LogP contribution in [-0.4, -0.2) is 21.5 Å². The number of ether oxygens (including phenoxy) is 1. The maximum Gasteiger partial charge on any atom is 0.338 e. The van der Waals surface area contributed by atoms with Crippen LogP contribution in [0.5, 0.6) is 0 Å². The van der Waals surface area contributed by atoms with E-state index in [0.717, 1.165) is 0 Å². The van der Waals surface area contributed by atoms with Crippen molar-refractivity contribution in [2.75, 3.05) is 7.11 Å². The zero-order valence-electron chi connectivity index (χ0n) is 12.7. The fourth-order valence-electron chi connectivity index (χ4n) is 2.00. The summed E-state index contributed by atoms with van der Waals surface area (Å²) in [5, 5.41) is 0.481. The number of benzene rings is 2. The first-order chi connectivity index (χ1) is 10.8. The van der Waals surface area contributed by atoms with Crippen LogP contribution in [0.15, 0.2) is 47.4 Å². The highest BCUT2D eigenvalue weighted by Gasteiger charge is 2.18. The van der Waals surface area contributed by atoms with Crippen LogP contribution >= 0.6 is 11.6 Å². The largest absolute Gasteiger partial charge is 0.465 e. The third-order valence-corrected chi connectivity index (χ3v) is 5.10. The normalized spacial score (nSPS) is 11.3. The van der Waals surface area contributed by atoms with Crippen LogP contribution < -0.4 is 4.72 Å². The second kappa shape index (κ2) is 7.12. The summed E-state index contributed by atoms with van der Waals surface area (Å²) in [5.41, 5.74) is 1.52. The molecule has 0 unspecified atom stereocenters. The Morgan fingerprint density at radius 1 is 1.22 bits per heavy atom. The third-order valence-electron chi connectivity index (χ3n) is 3.34. The number of rotatable bonds is 5. The number of hydrogen-bond donors (Lipinski definition) is 1. The molecule has 0 fully saturated rings. The predicted molar refractivity (Wildman–Crippen MR) is 88.0 cm³/mol. The van der Waals surface area contributed by atoms with E-state index in [4.69, 9.17) is 11.6 Å². The van der Waals surface area contributed by atoms with Crippen molar-refractivity contribution in [2.24, 2.45) is 0 Å². The van der Waals surface area contributed by atoms with Gasteiger partial charge in [0.1, 0.15) is 0 Å². The fraction of sp³-hybridized carbons (Fsp3) is 0.188. The highest BCUT2D eigenvalue weighted by atomic mass is 35.5. The molecule has 0 bridgehead atoms. The molecule has 23 heavy (non-hydrogen) atoms. The van der Waals surface area contributed by atoms with Gasteiger partial charge in [0.05, 0.1) is 17.6 Å². The van der Waals surface area contributed by atoms with E-state index in [1.807, 2.05) is 0 Å². The summed E-state index contributed by atoms with van der Waals surface area (Å²) in [4.78, 5) is 11.7. The Morgan fingerprint density at radius 3 is 2.57 bits per heavy atom. The average molecular weight is 354 g/mol. The van der Waals surface area contributed by atoms with Gasteiger partial charge in [0.15, 0.2) is 0 Å². The molecule has 0 radical (unpaired) electrons. The number of halogens is 1. The Bertz CT molecular complexity index is 834. The molecule has 0 aromatic heterocycles. The summed E-state index contributed by atoms with van der Waals surface area (Å²) >= 11 is 6.01. The first-order valence-electron chi connectivity index (χ1n) is 6.77. The Hall–Kier alpha value is -1.89. The monoisotopic (exact) mass is 353 g/mol. The quantitative estimate of drug-likeness (QED) is 0.839. The van der Waals surface area contributed by atoms with Crippen LogP contribution in [0.3, 0.4) is 0 Å². The minimum absolute atomic E-state index is 0.00412. The Kier molecular flexibility index (Phi) is 5.41. The molecule has 1 N–H and O–H groups in total. The van der Waals surface area contributed by atoms with Crippen molar-refractivity contribution < 1.29 is 17.9 Å². The Morgan fingerprint density at radius 2 is 1.91 bits per heavy atom. The smallest absolute Gasteiger partial charge is 0.338 e. The van der Waals surface area contributed by atoms with Crippen molar-refractivity contribution in [3.63, 3.8) is 0 Å². The van der Waals surface area contributed by atoms with Gasteiger partial charge in [-0.15, -0.1) is 0 Å². The summed E-state index contributed by atoms with van der Waals surface area (Å²) in [6, 6.07) is 11.3. The Labute approximate surface area is 140 Å². The summed E-state index contributed by atoms with van der Waals surface area (Å²) < 4.78 is 31.9. The third kappa shape index (κ3) is 4.10. The van der Waals surface area contributed by atoms with E-state index < -0.39 is 16.0 Å². The molecule has 0 saturated carbocycles. The molecule has 0 aliphatic carbocycles. The van der Waals surface area contributed by atoms with Gasteiger partial charge >= 0.3 is 5.97 Å². The molecule has 2 aromatic rings. The molecule has 5 nitrogen and oxygen atoms in total. The lowest BCUT2D eigenvalue weighted by Gasteiger charge is -2.10. The number of aryl methyl sites for hydroxylation is 1. The van der Waals surface area contributed by atoms with Crippen LogP contribution in [0, 0.1) is 6.92 Å². The molecule has 0 aliphatic rings. The van der Waals surface area contributed by atoms with E-state index in [9.17, 15) is 13.2 Å². The second-order valence-electron chi connectivity index (χ2n) is 4.88. The maximum absolute atomic E-state index is 12.4. The van der Waals surface area contributed by atoms with Crippen molar-refractivity contribution in [3.8, 4) is 0 Å². The number of nitrogens with one attached hydrogen (secondary N) is 1. The van der Waals surface area contributed by atoms with Crippen molar-refractivity contribution in [3.05, 3.63) is 64.2 Å². The van der Waals surface area contributed by atoms with Gasteiger partial charge in [-0.25, -0.2) is 17.9 Å². The van der Waals surface area contributed by atoms with Gasteiger partial charge in [0.2, 0.25) is 10.0 Å². The second-order valence-corrected chi connectivity index (χ2v) is 7.06. The van der Waals surface area contributed by atoms with E-state index in [0.29, 0.717) is 16.1 Å². The lowest BCUT2D eigenvalue weighted by atomic mass is 10.1. The predicted octanol–water partition coefficient (Wildman–Crippen LogP) is 2.91. The minimum Gasteiger partial charge on any atom is -0.465 e. The van der Waals surface area contributed by atoms with Gasteiger partial charge in [0.25, 0.3) is 0 Å². The van der Waals surface area contributed by atoms with Gasteiger partial charge in [-0.05, 0) is 36.2 Å². The van der Waals surface area contributed by atoms with Crippen molar-refractivity contribution in [1.82, 2.24) is 4.72 Å². The number of carbonyl (C=O) groups is 1. The highest BCUT2D eigenvalue weighted by molar-refractivity contribution is 7.89. The van der Waals surface area contributed by atoms with E-state index in [1.54, 1.807) is 37.3 Å². The van der Waals surface area contributed by atoms with Crippen LogP contribution in [0.4, 0.5) is 0 Å². The minimum atomic E-state index is -3.77. The van der Waals surface area contributed by atoms with E-state index in [2.05, 4.69) is 9.46 Å². The molecule has 0 spiro atoms. The zero-order chi connectivity index (χ0) is 17.0. The topological polar surface area (TPSA) is 72.5 Å². The van der Waals surface area contributed by atoms with E-state index >= 15 is 0 Å². The van der Waals surface area contributed by atoms with Gasteiger partial charge < -0.3 is 4.74 Å². The molecular weight excluding hydrogens is 338 g/mol. The number of sulfonamides is 1. The molecule has 0 aliphatic heterocycles. The highest BCUT2D eigenvalue weighted by Crippen LogP contribution is 2.18. The van der Waals surface area contributed by atoms with Crippen LogP contribution in [-0.2, 0) is 21.3 Å². The summed E-state index contributed by atoms with van der Waals surface area (Å²) in [7, 11) is -2.52. The number of esters is 1.